The van der Waals surface area contributed by atoms with Gasteiger partial charge in [-0.2, -0.15) is 0 Å². The maximum atomic E-state index is 12.1. The fourth-order valence-electron chi connectivity index (χ4n) is 1.66. The van der Waals surface area contributed by atoms with Gasteiger partial charge in [-0.3, -0.25) is 4.79 Å². The highest BCUT2D eigenvalue weighted by atomic mass is 35.5. The van der Waals surface area contributed by atoms with E-state index in [0.29, 0.717) is 27.9 Å². The molecule has 20 heavy (non-hydrogen) atoms. The molecule has 0 saturated carbocycles. The van der Waals surface area contributed by atoms with Gasteiger partial charge in [0, 0.05) is 5.56 Å². The Hall–Kier alpha value is -1.71. The zero-order valence-corrected chi connectivity index (χ0v) is 12.3. The van der Waals surface area contributed by atoms with Crippen LogP contribution in [0.1, 0.15) is 17.3 Å². The van der Waals surface area contributed by atoms with Gasteiger partial charge in [0.25, 0.3) is 5.91 Å². The molecule has 0 atom stereocenters. The van der Waals surface area contributed by atoms with Crippen LogP contribution in [0.3, 0.4) is 0 Å². The highest BCUT2D eigenvalue weighted by molar-refractivity contribution is 6.44. The Bertz CT molecular complexity index is 612. The summed E-state index contributed by atoms with van der Waals surface area (Å²) in [5, 5.41) is 3.45. The lowest BCUT2D eigenvalue weighted by Gasteiger charge is -2.09. The normalized spacial score (nSPS) is 10.2. The van der Waals surface area contributed by atoms with Gasteiger partial charge in [0.05, 0.1) is 22.3 Å². The lowest BCUT2D eigenvalue weighted by atomic mass is 10.2. The summed E-state index contributed by atoms with van der Waals surface area (Å²) < 4.78 is 5.32. The van der Waals surface area contributed by atoms with Gasteiger partial charge in [-0.15, -0.1) is 0 Å². The second-order valence-corrected chi connectivity index (χ2v) is 4.80. The Morgan fingerprint density at radius 3 is 2.50 bits per heavy atom. The van der Waals surface area contributed by atoms with E-state index < -0.39 is 0 Å². The Kier molecular flexibility index (Phi) is 4.88. The third-order valence-corrected chi connectivity index (χ3v) is 3.45. The summed E-state index contributed by atoms with van der Waals surface area (Å²) in [6.45, 7) is 2.49. The molecule has 0 saturated heterocycles. The van der Waals surface area contributed by atoms with Crippen LogP contribution < -0.4 is 10.1 Å². The summed E-state index contributed by atoms with van der Waals surface area (Å²) in [4.78, 5) is 12.1. The largest absolute Gasteiger partial charge is 0.494 e. The number of carbonyl (C=O) groups is 1. The zero-order chi connectivity index (χ0) is 14.5. The predicted octanol–water partition coefficient (Wildman–Crippen LogP) is 4.64. The van der Waals surface area contributed by atoms with E-state index in [4.69, 9.17) is 27.9 Å². The maximum absolute atomic E-state index is 12.1. The summed E-state index contributed by atoms with van der Waals surface area (Å²) in [5.74, 6) is 0.474. The molecule has 0 heterocycles. The van der Waals surface area contributed by atoms with Crippen LogP contribution in [0.25, 0.3) is 0 Å². The van der Waals surface area contributed by atoms with Crippen LogP contribution in [0.4, 0.5) is 5.69 Å². The van der Waals surface area contributed by atoms with Gasteiger partial charge in [-0.1, -0.05) is 29.3 Å². The number of hydrogen-bond acceptors (Lipinski definition) is 2. The fourth-order valence-corrected chi connectivity index (χ4v) is 2.01. The van der Waals surface area contributed by atoms with Crippen molar-refractivity contribution in [3.8, 4) is 5.75 Å². The van der Waals surface area contributed by atoms with Gasteiger partial charge < -0.3 is 10.1 Å². The number of carbonyl (C=O) groups excluding carboxylic acids is 1. The zero-order valence-electron chi connectivity index (χ0n) is 10.8. The third-order valence-electron chi connectivity index (χ3n) is 2.63. The summed E-state index contributed by atoms with van der Waals surface area (Å²) in [5.41, 5.74) is 1.00. The van der Waals surface area contributed by atoms with Gasteiger partial charge in [0.2, 0.25) is 0 Å². The first kappa shape index (κ1) is 14.7. The van der Waals surface area contributed by atoms with E-state index in [-0.39, 0.29) is 5.91 Å². The highest BCUT2D eigenvalue weighted by Gasteiger charge is 2.10. The Morgan fingerprint density at radius 2 is 1.85 bits per heavy atom. The molecule has 104 valence electrons. The van der Waals surface area contributed by atoms with E-state index in [2.05, 4.69) is 5.32 Å². The molecule has 0 bridgehead atoms. The number of hydrogen-bond donors (Lipinski definition) is 1. The SMILES string of the molecule is CCOc1ccc(C(=O)Nc2cccc(Cl)c2Cl)cc1. The van der Waals surface area contributed by atoms with Crippen LogP contribution in [-0.4, -0.2) is 12.5 Å². The Morgan fingerprint density at radius 1 is 1.15 bits per heavy atom. The minimum absolute atomic E-state index is 0.253. The van der Waals surface area contributed by atoms with Crippen molar-refractivity contribution in [1.29, 1.82) is 0 Å². The molecule has 0 spiro atoms. The molecule has 0 unspecified atom stereocenters. The van der Waals surface area contributed by atoms with Gasteiger partial charge in [0.1, 0.15) is 5.75 Å². The van der Waals surface area contributed by atoms with Crippen molar-refractivity contribution in [2.24, 2.45) is 0 Å². The summed E-state index contributed by atoms with van der Waals surface area (Å²) in [6.07, 6.45) is 0. The van der Waals surface area contributed by atoms with Gasteiger partial charge >= 0.3 is 0 Å². The average molecular weight is 310 g/mol. The predicted molar refractivity (Wildman–Crippen MR) is 82.0 cm³/mol. The van der Waals surface area contributed by atoms with Gasteiger partial charge in [0.15, 0.2) is 0 Å². The fraction of sp³-hybridized carbons (Fsp3) is 0.133. The molecular formula is C15H13Cl2NO2. The number of ether oxygens (including phenoxy) is 1. The number of halogens is 2. The first-order valence-electron chi connectivity index (χ1n) is 6.10. The van der Waals surface area contributed by atoms with Crippen LogP contribution >= 0.6 is 23.2 Å². The molecule has 1 N–H and O–H groups in total. The summed E-state index contributed by atoms with van der Waals surface area (Å²) in [6, 6.07) is 12.0. The van der Waals surface area contributed by atoms with Crippen LogP contribution in [0.2, 0.25) is 10.0 Å². The summed E-state index contributed by atoms with van der Waals surface area (Å²) >= 11 is 11.9. The van der Waals surface area contributed by atoms with E-state index in [9.17, 15) is 4.79 Å². The number of nitrogens with one attached hydrogen (secondary N) is 1. The smallest absolute Gasteiger partial charge is 0.255 e. The molecule has 0 aliphatic rings. The van der Waals surface area contributed by atoms with Gasteiger partial charge in [-0.25, -0.2) is 0 Å². The minimum Gasteiger partial charge on any atom is -0.494 e. The standard InChI is InChI=1S/C15H13Cl2NO2/c1-2-20-11-8-6-10(7-9-11)15(19)18-13-5-3-4-12(16)14(13)17/h3-9H,2H2,1H3,(H,18,19). The molecule has 3 nitrogen and oxygen atoms in total. The molecule has 0 radical (unpaired) electrons. The van der Waals surface area contributed by atoms with Crippen molar-refractivity contribution >= 4 is 34.8 Å². The van der Waals surface area contributed by atoms with E-state index in [1.165, 1.54) is 0 Å². The van der Waals surface area contributed by atoms with Crippen LogP contribution in [0.15, 0.2) is 42.5 Å². The van der Waals surface area contributed by atoms with Crippen LogP contribution in [0.5, 0.6) is 5.75 Å². The van der Waals surface area contributed by atoms with Crippen molar-refractivity contribution in [3.05, 3.63) is 58.1 Å². The second-order valence-electron chi connectivity index (χ2n) is 4.01. The molecule has 5 heteroatoms. The van der Waals surface area contributed by atoms with Crippen molar-refractivity contribution in [1.82, 2.24) is 0 Å². The summed E-state index contributed by atoms with van der Waals surface area (Å²) in [7, 11) is 0. The molecule has 2 rings (SSSR count). The minimum atomic E-state index is -0.253. The quantitative estimate of drug-likeness (QED) is 0.893. The Balaban J connectivity index is 2.13. The molecule has 0 aliphatic carbocycles. The van der Waals surface area contributed by atoms with Gasteiger partial charge in [-0.05, 0) is 43.3 Å². The first-order chi connectivity index (χ1) is 9.61. The average Bonchev–Trinajstić information content (AvgIpc) is 2.45. The monoisotopic (exact) mass is 309 g/mol. The number of anilines is 1. The van der Waals surface area contributed by atoms with E-state index in [1.807, 2.05) is 6.92 Å². The molecule has 1 amide bonds. The topological polar surface area (TPSA) is 38.3 Å². The molecule has 0 fully saturated rings. The molecule has 0 aliphatic heterocycles. The molecule has 0 aromatic heterocycles. The highest BCUT2D eigenvalue weighted by Crippen LogP contribution is 2.29. The molecule has 2 aromatic carbocycles. The second kappa shape index (κ2) is 6.64. The van der Waals surface area contributed by atoms with E-state index in [1.54, 1.807) is 42.5 Å². The van der Waals surface area contributed by atoms with Crippen molar-refractivity contribution in [2.45, 2.75) is 6.92 Å². The Labute approximate surface area is 127 Å². The van der Waals surface area contributed by atoms with Crippen molar-refractivity contribution in [3.63, 3.8) is 0 Å². The number of benzene rings is 2. The number of rotatable bonds is 4. The van der Waals surface area contributed by atoms with Crippen LogP contribution in [-0.2, 0) is 0 Å². The van der Waals surface area contributed by atoms with Crippen molar-refractivity contribution in [2.75, 3.05) is 11.9 Å². The molecule has 2 aromatic rings. The van der Waals surface area contributed by atoms with E-state index in [0.717, 1.165) is 5.75 Å². The molecular weight excluding hydrogens is 297 g/mol. The first-order valence-corrected chi connectivity index (χ1v) is 6.85. The van der Waals surface area contributed by atoms with Crippen molar-refractivity contribution < 1.29 is 9.53 Å². The third kappa shape index (κ3) is 3.44. The van der Waals surface area contributed by atoms with E-state index >= 15 is 0 Å². The lowest BCUT2D eigenvalue weighted by molar-refractivity contribution is 0.102. The maximum Gasteiger partial charge on any atom is 0.255 e. The number of amides is 1. The van der Waals surface area contributed by atoms with Crippen LogP contribution in [0, 0.1) is 0 Å². The lowest BCUT2D eigenvalue weighted by Crippen LogP contribution is -2.12.